The van der Waals surface area contributed by atoms with E-state index in [-0.39, 0.29) is 5.92 Å². The second kappa shape index (κ2) is 2.49. The molecule has 0 aromatic rings. The van der Waals surface area contributed by atoms with Crippen molar-refractivity contribution in [3.8, 4) is 0 Å². The Balaban J connectivity index is 1.79. The molecule has 0 aromatic heterocycles. The monoisotopic (exact) mass is 180 g/mol. The fourth-order valence-electron chi connectivity index (χ4n) is 4.22. The second-order valence-electron chi connectivity index (χ2n) is 5.17. The third-order valence-corrected chi connectivity index (χ3v) is 4.74. The molecule has 4 unspecified atom stereocenters. The van der Waals surface area contributed by atoms with E-state index >= 15 is 0 Å². The Morgan fingerprint density at radius 1 is 1.00 bits per heavy atom. The van der Waals surface area contributed by atoms with Crippen molar-refractivity contribution < 1.29 is 9.90 Å². The maximum absolute atomic E-state index is 10.9. The van der Waals surface area contributed by atoms with Crippen molar-refractivity contribution in [2.24, 2.45) is 29.6 Å². The normalized spacial score (nSPS) is 52.5. The van der Waals surface area contributed by atoms with Crippen LogP contribution >= 0.6 is 0 Å². The van der Waals surface area contributed by atoms with Crippen LogP contribution in [0, 0.1) is 29.6 Å². The van der Waals surface area contributed by atoms with Crippen LogP contribution in [0.15, 0.2) is 0 Å². The summed E-state index contributed by atoms with van der Waals surface area (Å²) >= 11 is 0. The molecule has 3 aliphatic carbocycles. The Hall–Kier alpha value is -0.530. The number of carboxylic acids is 1. The number of hydrogen-bond donors (Lipinski definition) is 1. The van der Waals surface area contributed by atoms with Crippen LogP contribution in [0.4, 0.5) is 0 Å². The lowest BCUT2D eigenvalue weighted by molar-refractivity contribution is -0.141. The summed E-state index contributed by atoms with van der Waals surface area (Å²) in [6.07, 6.45) is 6.17. The van der Waals surface area contributed by atoms with Crippen LogP contribution in [0.5, 0.6) is 0 Å². The molecule has 2 heteroatoms. The molecule has 0 radical (unpaired) electrons. The third-order valence-electron chi connectivity index (χ3n) is 4.74. The lowest BCUT2D eigenvalue weighted by Crippen LogP contribution is -2.15. The van der Waals surface area contributed by atoms with Gasteiger partial charge in [0.1, 0.15) is 0 Å². The van der Waals surface area contributed by atoms with E-state index in [1.807, 2.05) is 0 Å². The lowest BCUT2D eigenvalue weighted by atomic mass is 9.82. The van der Waals surface area contributed by atoms with E-state index in [9.17, 15) is 4.79 Å². The molecule has 13 heavy (non-hydrogen) atoms. The van der Waals surface area contributed by atoms with Gasteiger partial charge in [0.15, 0.2) is 0 Å². The zero-order chi connectivity index (χ0) is 9.00. The third kappa shape index (κ3) is 0.976. The number of fused-ring (bicyclic) bond motifs is 5. The Kier molecular flexibility index (Phi) is 1.50. The lowest BCUT2D eigenvalue weighted by Gasteiger charge is -2.23. The summed E-state index contributed by atoms with van der Waals surface area (Å²) in [5, 5.41) is 8.96. The van der Waals surface area contributed by atoms with Crippen molar-refractivity contribution in [1.82, 2.24) is 0 Å². The Labute approximate surface area is 78.3 Å². The highest BCUT2D eigenvalue weighted by Crippen LogP contribution is 2.59. The molecule has 0 aromatic carbocycles. The first-order valence-electron chi connectivity index (χ1n) is 5.48. The molecule has 0 saturated heterocycles. The van der Waals surface area contributed by atoms with Gasteiger partial charge >= 0.3 is 5.97 Å². The molecule has 3 fully saturated rings. The van der Waals surface area contributed by atoms with E-state index in [4.69, 9.17) is 5.11 Å². The Morgan fingerprint density at radius 2 is 1.54 bits per heavy atom. The molecule has 1 N–H and O–H groups in total. The van der Waals surface area contributed by atoms with Gasteiger partial charge < -0.3 is 5.11 Å². The van der Waals surface area contributed by atoms with Gasteiger partial charge in [-0.3, -0.25) is 4.79 Å². The van der Waals surface area contributed by atoms with Gasteiger partial charge in [-0.05, 0) is 55.8 Å². The van der Waals surface area contributed by atoms with Crippen LogP contribution in [0.3, 0.4) is 0 Å². The van der Waals surface area contributed by atoms with E-state index in [0.29, 0.717) is 0 Å². The molecule has 0 spiro atoms. The molecular weight excluding hydrogens is 164 g/mol. The summed E-state index contributed by atoms with van der Waals surface area (Å²) in [5.74, 6) is 2.84. The number of hydrogen-bond acceptors (Lipinski definition) is 1. The first-order chi connectivity index (χ1) is 6.25. The van der Waals surface area contributed by atoms with Gasteiger partial charge in [-0.25, -0.2) is 0 Å². The van der Waals surface area contributed by atoms with E-state index in [1.165, 1.54) is 19.3 Å². The van der Waals surface area contributed by atoms with Crippen molar-refractivity contribution in [3.05, 3.63) is 0 Å². The molecule has 0 amide bonds. The second-order valence-corrected chi connectivity index (χ2v) is 5.17. The van der Waals surface area contributed by atoms with Crippen LogP contribution in [0.2, 0.25) is 0 Å². The van der Waals surface area contributed by atoms with Crippen molar-refractivity contribution in [2.75, 3.05) is 0 Å². The average molecular weight is 180 g/mol. The maximum Gasteiger partial charge on any atom is 0.306 e. The molecule has 2 bridgehead atoms. The van der Waals surface area contributed by atoms with E-state index in [2.05, 4.69) is 0 Å². The topological polar surface area (TPSA) is 37.3 Å². The highest BCUT2D eigenvalue weighted by molar-refractivity contribution is 5.70. The molecule has 0 heterocycles. The van der Waals surface area contributed by atoms with Gasteiger partial charge in [-0.1, -0.05) is 0 Å². The van der Waals surface area contributed by atoms with Crippen LogP contribution in [0.25, 0.3) is 0 Å². The zero-order valence-corrected chi connectivity index (χ0v) is 7.78. The quantitative estimate of drug-likeness (QED) is 0.671. The van der Waals surface area contributed by atoms with Crippen molar-refractivity contribution >= 4 is 5.97 Å². The maximum atomic E-state index is 10.9. The number of carbonyl (C=O) groups is 1. The first kappa shape index (κ1) is 7.84. The van der Waals surface area contributed by atoms with Crippen LogP contribution in [-0.4, -0.2) is 11.1 Å². The van der Waals surface area contributed by atoms with Crippen LogP contribution in [0.1, 0.15) is 32.1 Å². The summed E-state index contributed by atoms with van der Waals surface area (Å²) < 4.78 is 0. The van der Waals surface area contributed by atoms with Gasteiger partial charge in [0.05, 0.1) is 5.92 Å². The molecule has 4 atom stereocenters. The van der Waals surface area contributed by atoms with Crippen LogP contribution < -0.4 is 0 Å². The summed E-state index contributed by atoms with van der Waals surface area (Å²) in [6, 6.07) is 0. The number of rotatable bonds is 1. The van der Waals surface area contributed by atoms with Crippen molar-refractivity contribution in [2.45, 2.75) is 32.1 Å². The van der Waals surface area contributed by atoms with Gasteiger partial charge in [0, 0.05) is 0 Å². The predicted molar refractivity (Wildman–Crippen MR) is 48.2 cm³/mol. The summed E-state index contributed by atoms with van der Waals surface area (Å²) in [7, 11) is 0. The predicted octanol–water partition coefficient (Wildman–Crippen LogP) is 2.14. The van der Waals surface area contributed by atoms with Gasteiger partial charge in [-0.2, -0.15) is 0 Å². The Bertz CT molecular complexity index is 230. The van der Waals surface area contributed by atoms with Gasteiger partial charge in [0.2, 0.25) is 0 Å². The first-order valence-corrected chi connectivity index (χ1v) is 5.48. The standard InChI is InChI=1S/C11H16O2/c12-11(13)8-4-9-6-1-2-7(3-6)10(9)5-8/h6-10H,1-5H2,(H,12,13). The van der Waals surface area contributed by atoms with Gasteiger partial charge in [0.25, 0.3) is 0 Å². The van der Waals surface area contributed by atoms with Crippen molar-refractivity contribution in [3.63, 3.8) is 0 Å². The van der Waals surface area contributed by atoms with Crippen LogP contribution in [-0.2, 0) is 4.79 Å². The molecule has 72 valence electrons. The minimum atomic E-state index is -0.547. The summed E-state index contributed by atoms with van der Waals surface area (Å²) in [6.45, 7) is 0. The summed E-state index contributed by atoms with van der Waals surface area (Å²) in [5.41, 5.74) is 0. The van der Waals surface area contributed by atoms with Crippen molar-refractivity contribution in [1.29, 1.82) is 0 Å². The van der Waals surface area contributed by atoms with Gasteiger partial charge in [-0.15, -0.1) is 0 Å². The average Bonchev–Trinajstić information content (AvgIpc) is 2.76. The highest BCUT2D eigenvalue weighted by atomic mass is 16.4. The largest absolute Gasteiger partial charge is 0.481 e. The minimum absolute atomic E-state index is 0.00148. The molecule has 3 rings (SSSR count). The fourth-order valence-corrected chi connectivity index (χ4v) is 4.22. The summed E-state index contributed by atoms with van der Waals surface area (Å²) in [4.78, 5) is 10.9. The van der Waals surface area contributed by atoms with E-state index < -0.39 is 5.97 Å². The number of carboxylic acid groups (broad SMARTS) is 1. The van der Waals surface area contributed by atoms with E-state index in [0.717, 1.165) is 36.5 Å². The molecule has 3 aliphatic rings. The Morgan fingerprint density at radius 3 is 2.00 bits per heavy atom. The zero-order valence-electron chi connectivity index (χ0n) is 7.78. The van der Waals surface area contributed by atoms with E-state index in [1.54, 1.807) is 0 Å². The molecule has 0 aliphatic heterocycles. The number of aliphatic carboxylic acids is 1. The highest BCUT2D eigenvalue weighted by Gasteiger charge is 2.53. The SMILES string of the molecule is O=C(O)C1CC2C3CCC(C3)C2C1. The smallest absolute Gasteiger partial charge is 0.306 e. The minimum Gasteiger partial charge on any atom is -0.481 e. The molecular formula is C11H16O2. The molecule has 2 nitrogen and oxygen atoms in total. The fraction of sp³-hybridized carbons (Fsp3) is 0.909. The molecule has 3 saturated carbocycles.